The van der Waals surface area contributed by atoms with E-state index in [1.165, 1.54) is 35.3 Å². The topological polar surface area (TPSA) is 26.3 Å². The number of carbonyl (C=O) groups excluding carboxylic acids is 1. The molecule has 0 amide bonds. The van der Waals surface area contributed by atoms with E-state index in [4.69, 9.17) is 4.74 Å². The van der Waals surface area contributed by atoms with Gasteiger partial charge in [0.05, 0.1) is 12.7 Å². The predicted molar refractivity (Wildman–Crippen MR) is 71.0 cm³/mol. The first kappa shape index (κ1) is 12.6. The summed E-state index contributed by atoms with van der Waals surface area (Å²) in [5.74, 6) is -0.158. The molecule has 17 heavy (non-hydrogen) atoms. The van der Waals surface area contributed by atoms with Gasteiger partial charge in [0.15, 0.2) is 0 Å². The first-order chi connectivity index (χ1) is 7.95. The van der Waals surface area contributed by atoms with Crippen molar-refractivity contribution in [2.24, 2.45) is 0 Å². The van der Waals surface area contributed by atoms with Crippen LogP contribution in [0.5, 0.6) is 0 Å². The van der Waals surface area contributed by atoms with Gasteiger partial charge in [-0.15, -0.1) is 11.3 Å². The molecule has 0 N–H and O–H groups in total. The average molecular weight is 252 g/mol. The molecule has 3 heteroatoms. The highest BCUT2D eigenvalue weighted by Gasteiger charge is 2.31. The predicted octanol–water partition coefficient (Wildman–Crippen LogP) is 3.71. The van der Waals surface area contributed by atoms with E-state index in [-0.39, 0.29) is 11.4 Å². The smallest absolute Gasteiger partial charge is 0.339 e. The molecule has 94 valence electrons. The van der Waals surface area contributed by atoms with Crippen molar-refractivity contribution in [1.29, 1.82) is 0 Å². The molecule has 0 saturated heterocycles. The summed E-state index contributed by atoms with van der Waals surface area (Å²) in [5, 5.41) is 0. The van der Waals surface area contributed by atoms with E-state index in [1.54, 1.807) is 0 Å². The Morgan fingerprint density at radius 3 is 2.47 bits per heavy atom. The highest BCUT2D eigenvalue weighted by Crippen LogP contribution is 2.40. The van der Waals surface area contributed by atoms with Crippen LogP contribution in [0.25, 0.3) is 0 Å². The average Bonchev–Trinajstić information content (AvgIpc) is 2.67. The third-order valence-electron chi connectivity index (χ3n) is 3.24. The van der Waals surface area contributed by atoms with Gasteiger partial charge in [0.25, 0.3) is 0 Å². The number of methoxy groups -OCH3 is 1. The number of hydrogen-bond acceptors (Lipinski definition) is 3. The summed E-state index contributed by atoms with van der Waals surface area (Å²) in [7, 11) is 1.47. The second-order valence-corrected chi connectivity index (χ2v) is 6.76. The first-order valence-corrected chi connectivity index (χ1v) is 7.00. The fraction of sp³-hybridized carbons (Fsp3) is 0.643. The van der Waals surface area contributed by atoms with Crippen LogP contribution in [0.3, 0.4) is 0 Å². The number of thiophene rings is 1. The molecule has 2 rings (SSSR count). The van der Waals surface area contributed by atoms with E-state index in [2.05, 4.69) is 20.8 Å². The van der Waals surface area contributed by atoms with Gasteiger partial charge in [0, 0.05) is 9.75 Å². The molecule has 1 aromatic heterocycles. The summed E-state index contributed by atoms with van der Waals surface area (Å²) >= 11 is 1.81. The lowest BCUT2D eigenvalue weighted by atomic mass is 9.87. The van der Waals surface area contributed by atoms with Crippen molar-refractivity contribution in [2.45, 2.75) is 51.9 Å². The molecule has 1 aliphatic rings. The Morgan fingerprint density at radius 1 is 1.24 bits per heavy atom. The Kier molecular flexibility index (Phi) is 3.30. The monoisotopic (exact) mass is 252 g/mol. The van der Waals surface area contributed by atoms with Gasteiger partial charge in [-0.1, -0.05) is 20.8 Å². The maximum atomic E-state index is 12.0. The van der Waals surface area contributed by atoms with Crippen molar-refractivity contribution in [3.8, 4) is 0 Å². The van der Waals surface area contributed by atoms with Crippen LogP contribution in [0.1, 0.15) is 59.3 Å². The summed E-state index contributed by atoms with van der Waals surface area (Å²) in [5.41, 5.74) is 2.14. The number of rotatable bonds is 1. The fourth-order valence-electron chi connectivity index (χ4n) is 2.41. The first-order valence-electron chi connectivity index (χ1n) is 6.18. The van der Waals surface area contributed by atoms with Gasteiger partial charge in [0.1, 0.15) is 0 Å². The largest absolute Gasteiger partial charge is 0.465 e. The molecule has 1 aliphatic carbocycles. The molecule has 0 radical (unpaired) electrons. The van der Waals surface area contributed by atoms with E-state index in [1.807, 2.05) is 11.3 Å². The molecule has 0 spiro atoms. The molecular weight excluding hydrogens is 232 g/mol. The lowest BCUT2D eigenvalue weighted by molar-refractivity contribution is 0.0597. The number of ether oxygens (including phenoxy) is 1. The van der Waals surface area contributed by atoms with Crippen molar-refractivity contribution < 1.29 is 9.53 Å². The Morgan fingerprint density at radius 2 is 1.88 bits per heavy atom. The molecule has 0 atom stereocenters. The maximum Gasteiger partial charge on any atom is 0.339 e. The molecular formula is C14H20O2S. The molecule has 0 aromatic carbocycles. The van der Waals surface area contributed by atoms with E-state index in [0.717, 1.165) is 18.4 Å². The quantitative estimate of drug-likeness (QED) is 0.712. The summed E-state index contributed by atoms with van der Waals surface area (Å²) in [6.45, 7) is 6.49. The third-order valence-corrected chi connectivity index (χ3v) is 4.96. The SMILES string of the molecule is COC(=O)c1c(C(C)(C)C)sc2c1CCCC2. The van der Waals surface area contributed by atoms with Gasteiger partial charge in [-0.2, -0.15) is 0 Å². The highest BCUT2D eigenvalue weighted by molar-refractivity contribution is 7.12. The Bertz CT molecular complexity index is 438. The van der Waals surface area contributed by atoms with Gasteiger partial charge in [0.2, 0.25) is 0 Å². The van der Waals surface area contributed by atoms with Crippen molar-refractivity contribution in [3.63, 3.8) is 0 Å². The van der Waals surface area contributed by atoms with E-state index in [0.29, 0.717) is 0 Å². The number of fused-ring (bicyclic) bond motifs is 1. The van der Waals surface area contributed by atoms with E-state index in [9.17, 15) is 4.79 Å². The molecule has 0 fully saturated rings. The molecule has 1 aromatic rings. The van der Waals surface area contributed by atoms with Crippen LogP contribution in [-0.4, -0.2) is 13.1 Å². The van der Waals surface area contributed by atoms with E-state index >= 15 is 0 Å². The standard InChI is InChI=1S/C14H20O2S/c1-14(2,3)12-11(13(15)16-4)9-7-5-6-8-10(9)17-12/h5-8H2,1-4H3. The molecule has 2 nitrogen and oxygen atoms in total. The van der Waals surface area contributed by atoms with Crippen LogP contribution in [0.4, 0.5) is 0 Å². The van der Waals surface area contributed by atoms with Crippen molar-refractivity contribution in [1.82, 2.24) is 0 Å². The van der Waals surface area contributed by atoms with Crippen molar-refractivity contribution in [3.05, 3.63) is 20.9 Å². The van der Waals surface area contributed by atoms with Crippen LogP contribution >= 0.6 is 11.3 Å². The van der Waals surface area contributed by atoms with Crippen LogP contribution in [-0.2, 0) is 23.0 Å². The summed E-state index contributed by atoms with van der Waals surface area (Å²) in [4.78, 5) is 14.6. The minimum atomic E-state index is -0.158. The summed E-state index contributed by atoms with van der Waals surface area (Å²) in [6.07, 6.45) is 4.60. The Labute approximate surface area is 107 Å². The third kappa shape index (κ3) is 2.25. The van der Waals surface area contributed by atoms with E-state index < -0.39 is 0 Å². The number of carbonyl (C=O) groups is 1. The zero-order valence-electron chi connectivity index (χ0n) is 11.1. The van der Waals surface area contributed by atoms with Crippen LogP contribution in [0, 0.1) is 0 Å². The molecule has 0 unspecified atom stereocenters. The van der Waals surface area contributed by atoms with Crippen LogP contribution in [0.15, 0.2) is 0 Å². The fourth-order valence-corrected chi connectivity index (χ4v) is 3.85. The second-order valence-electron chi connectivity index (χ2n) is 5.66. The second kappa shape index (κ2) is 4.45. The van der Waals surface area contributed by atoms with Crippen LogP contribution < -0.4 is 0 Å². The zero-order chi connectivity index (χ0) is 12.6. The van der Waals surface area contributed by atoms with Crippen LogP contribution in [0.2, 0.25) is 0 Å². The van der Waals surface area contributed by atoms with Crippen molar-refractivity contribution in [2.75, 3.05) is 7.11 Å². The van der Waals surface area contributed by atoms with Crippen molar-refractivity contribution >= 4 is 17.3 Å². The van der Waals surface area contributed by atoms with Gasteiger partial charge in [-0.25, -0.2) is 4.79 Å². The zero-order valence-corrected chi connectivity index (χ0v) is 11.9. The number of aryl methyl sites for hydroxylation is 1. The maximum absolute atomic E-state index is 12.0. The molecule has 0 bridgehead atoms. The number of esters is 1. The lowest BCUT2D eigenvalue weighted by Gasteiger charge is -2.18. The number of hydrogen-bond donors (Lipinski definition) is 0. The van der Waals surface area contributed by atoms with Gasteiger partial charge in [-0.05, 0) is 36.7 Å². The van der Waals surface area contributed by atoms with Gasteiger partial charge >= 0.3 is 5.97 Å². The normalized spacial score (nSPS) is 15.5. The summed E-state index contributed by atoms with van der Waals surface area (Å²) in [6, 6.07) is 0. The summed E-state index contributed by atoms with van der Waals surface area (Å²) < 4.78 is 4.96. The molecule has 0 aliphatic heterocycles. The Hall–Kier alpha value is -0.830. The molecule has 1 heterocycles. The minimum absolute atomic E-state index is 0.0194. The lowest BCUT2D eigenvalue weighted by Crippen LogP contribution is -2.16. The minimum Gasteiger partial charge on any atom is -0.465 e. The molecule has 0 saturated carbocycles. The Balaban J connectivity index is 2.59. The van der Waals surface area contributed by atoms with Gasteiger partial charge in [-0.3, -0.25) is 0 Å². The highest BCUT2D eigenvalue weighted by atomic mass is 32.1. The van der Waals surface area contributed by atoms with Gasteiger partial charge < -0.3 is 4.74 Å².